The number of nitrogens with zero attached hydrogens (tertiary/aromatic N) is 4. The number of benzene rings is 4. The van der Waals surface area contributed by atoms with Gasteiger partial charge in [-0.1, -0.05) is 102 Å². The molecule has 14 rings (SSSR count). The standard InChI is InChI=1S/C59H70N8O6/c1-32(2)52(64-58(70)71)56(68)66-48-12-8-6-10-40(48)30-50(66)54-60-44-24-22-38(28-46(44)62-54)42-26-34-14-18-36(42)19-15-35-17-21-37(20-16-34)43(27-35)39-23-25-45-47(29-39)63-55(61-45)51-31-41-11-7-9-13-49(41)67(51)57(69)53(33(3)4)65-59(72)73-5/h14,17-18,21-29,32-33,40-41,48-53,64H,6-13,15-16,19-20,30-31H2,1-5H3,(H,60,62)(H,61,63)(H,65,72)(H,70,71)/t40-,41-,48-,49-,50-,51-,52-,53-/m0/s1. The van der Waals surface area contributed by atoms with E-state index in [-0.39, 0.29) is 47.8 Å². The Morgan fingerprint density at radius 2 is 1.05 bits per heavy atom. The maximum absolute atomic E-state index is 14.5. The Kier molecular flexibility index (Phi) is 13.3. The molecule has 8 aliphatic rings. The topological polar surface area (TPSA) is 186 Å². The molecule has 4 fully saturated rings. The second-order valence-electron chi connectivity index (χ2n) is 22.4. The van der Waals surface area contributed by atoms with E-state index in [0.29, 0.717) is 11.8 Å². The number of carbonyl (C=O) groups excluding carboxylic acids is 3. The molecule has 14 heteroatoms. The highest BCUT2D eigenvalue weighted by Gasteiger charge is 2.50. The molecule has 2 aromatic heterocycles. The van der Waals surface area contributed by atoms with Gasteiger partial charge in [0, 0.05) is 12.1 Å². The van der Waals surface area contributed by atoms with Gasteiger partial charge in [-0.05, 0) is 157 Å². The molecule has 5 N–H and O–H groups in total. The van der Waals surface area contributed by atoms with E-state index >= 15 is 0 Å². The number of H-pyrrole nitrogens is 2. The zero-order chi connectivity index (χ0) is 50.7. The number of amides is 4. The Morgan fingerprint density at radius 1 is 0.603 bits per heavy atom. The van der Waals surface area contributed by atoms with Gasteiger partial charge in [-0.2, -0.15) is 0 Å². The zero-order valence-electron chi connectivity index (χ0n) is 42.9. The molecule has 4 heterocycles. The van der Waals surface area contributed by atoms with E-state index in [2.05, 4.69) is 93.4 Å². The third-order valence-corrected chi connectivity index (χ3v) is 17.3. The number of fused-ring (bicyclic) bond motifs is 4. The summed E-state index contributed by atoms with van der Waals surface area (Å²) < 4.78 is 4.93. The van der Waals surface area contributed by atoms with Crippen molar-refractivity contribution in [2.45, 2.75) is 154 Å². The molecule has 6 aliphatic carbocycles. The number of nitrogens with one attached hydrogen (secondary N) is 4. The van der Waals surface area contributed by atoms with Crippen LogP contribution in [0.25, 0.3) is 44.3 Å². The van der Waals surface area contributed by atoms with Crippen LogP contribution in [-0.2, 0) is 40.0 Å². The minimum atomic E-state index is -1.18. The highest BCUT2D eigenvalue weighted by Crippen LogP contribution is 2.48. The number of aromatic nitrogens is 4. The zero-order valence-corrected chi connectivity index (χ0v) is 42.9. The molecule has 0 unspecified atom stereocenters. The van der Waals surface area contributed by atoms with Gasteiger partial charge in [-0.25, -0.2) is 19.6 Å². The summed E-state index contributed by atoms with van der Waals surface area (Å²) in [7, 11) is 1.33. The molecule has 4 bridgehead atoms. The van der Waals surface area contributed by atoms with Gasteiger partial charge in [0.2, 0.25) is 11.8 Å². The Balaban J connectivity index is 0.851. The van der Waals surface area contributed by atoms with Gasteiger partial charge in [0.25, 0.3) is 0 Å². The summed E-state index contributed by atoms with van der Waals surface area (Å²) in [6.07, 6.45) is 11.8. The number of alkyl carbamates (subject to hydrolysis) is 1. The van der Waals surface area contributed by atoms with E-state index in [9.17, 15) is 24.3 Å². The fourth-order valence-corrected chi connectivity index (χ4v) is 13.5. The maximum Gasteiger partial charge on any atom is 0.407 e. The molecule has 6 aromatic rings. The van der Waals surface area contributed by atoms with Gasteiger partial charge in [0.05, 0.1) is 41.3 Å². The molecular formula is C59H70N8O6. The third-order valence-electron chi connectivity index (χ3n) is 17.3. The molecule has 4 amide bonds. The van der Waals surface area contributed by atoms with Gasteiger partial charge in [0.1, 0.15) is 23.7 Å². The van der Waals surface area contributed by atoms with Crippen LogP contribution < -0.4 is 10.6 Å². The van der Waals surface area contributed by atoms with Crippen LogP contribution in [0.5, 0.6) is 0 Å². The van der Waals surface area contributed by atoms with Crippen molar-refractivity contribution in [1.29, 1.82) is 0 Å². The van der Waals surface area contributed by atoms with Crippen LogP contribution in [0, 0.1) is 23.7 Å². The van der Waals surface area contributed by atoms with Crippen LogP contribution >= 0.6 is 0 Å². The van der Waals surface area contributed by atoms with E-state index < -0.39 is 24.3 Å². The summed E-state index contributed by atoms with van der Waals surface area (Å²) in [6.45, 7) is 7.71. The van der Waals surface area contributed by atoms with E-state index in [1.165, 1.54) is 40.5 Å². The number of carboxylic acid groups (broad SMARTS) is 1. The van der Waals surface area contributed by atoms with E-state index in [4.69, 9.17) is 14.7 Å². The lowest BCUT2D eigenvalue weighted by atomic mass is 9.84. The van der Waals surface area contributed by atoms with Crippen LogP contribution in [0.4, 0.5) is 9.59 Å². The predicted octanol–water partition coefficient (Wildman–Crippen LogP) is 11.0. The molecule has 2 aliphatic heterocycles. The molecule has 0 radical (unpaired) electrons. The molecule has 382 valence electrons. The molecular weight excluding hydrogens is 917 g/mol. The first kappa shape index (κ1) is 48.6. The smallest absolute Gasteiger partial charge is 0.407 e. The van der Waals surface area contributed by atoms with Crippen LogP contribution in [0.3, 0.4) is 0 Å². The number of methoxy groups -OCH3 is 1. The average Bonchev–Trinajstić information content (AvgIpc) is 4.19. The minimum Gasteiger partial charge on any atom is -0.465 e. The highest BCUT2D eigenvalue weighted by molar-refractivity contribution is 5.89. The second kappa shape index (κ2) is 20.0. The monoisotopic (exact) mass is 987 g/mol. The van der Waals surface area contributed by atoms with Crippen molar-refractivity contribution in [3.05, 3.63) is 107 Å². The second-order valence-corrected chi connectivity index (χ2v) is 22.4. The number of hydrogen-bond donors (Lipinski definition) is 5. The number of likely N-dealkylation sites (tertiary alicyclic amines) is 2. The predicted molar refractivity (Wildman–Crippen MR) is 282 cm³/mol. The molecule has 2 saturated carbocycles. The SMILES string of the molecule is COC(=O)N[C@H](C(=O)N1[C@H](c2nc3ccc(-c4cc5ccc4CCc4ccc(c(-c6ccc7nc([C@@H]8C[C@@H]9CCCC[C@@H]9N8C(=O)[C@@H](NC(=O)O)C(C)C)[nH]c7c6)c4)CC5)cc3[nH]2)C[C@@H]2CCCC[C@@H]21)C(C)C. The van der Waals surface area contributed by atoms with Crippen LogP contribution in [0.1, 0.15) is 138 Å². The molecule has 73 heavy (non-hydrogen) atoms. The first-order valence-corrected chi connectivity index (χ1v) is 27.0. The molecule has 14 nitrogen and oxygen atoms in total. The largest absolute Gasteiger partial charge is 0.465 e. The van der Waals surface area contributed by atoms with E-state index in [1.807, 2.05) is 37.5 Å². The van der Waals surface area contributed by atoms with Crippen LogP contribution in [-0.4, -0.2) is 90.1 Å². The number of imidazole rings is 2. The van der Waals surface area contributed by atoms with Crippen molar-refractivity contribution < 1.29 is 29.0 Å². The number of ether oxygens (including phenoxy) is 1. The number of hydrogen-bond acceptors (Lipinski definition) is 7. The summed E-state index contributed by atoms with van der Waals surface area (Å²) in [5.41, 5.74) is 13.4. The number of rotatable bonds is 10. The molecule has 4 aromatic carbocycles. The number of aromatic amines is 2. The lowest BCUT2D eigenvalue weighted by Crippen LogP contribution is -2.53. The van der Waals surface area contributed by atoms with Crippen molar-refractivity contribution in [2.24, 2.45) is 23.7 Å². The van der Waals surface area contributed by atoms with Crippen LogP contribution in [0.15, 0.2) is 72.8 Å². The molecule has 2 saturated heterocycles. The van der Waals surface area contributed by atoms with Gasteiger partial charge >= 0.3 is 12.2 Å². The summed E-state index contributed by atoms with van der Waals surface area (Å²) in [5.74, 6) is 1.79. The lowest BCUT2D eigenvalue weighted by Gasteiger charge is -2.36. The molecule has 8 atom stereocenters. The van der Waals surface area contributed by atoms with Gasteiger partial charge in [-0.3, -0.25) is 9.59 Å². The van der Waals surface area contributed by atoms with Gasteiger partial charge in [0.15, 0.2) is 0 Å². The highest BCUT2D eigenvalue weighted by atomic mass is 16.5. The first-order valence-electron chi connectivity index (χ1n) is 27.0. The summed E-state index contributed by atoms with van der Waals surface area (Å²) in [6, 6.07) is 25.1. The number of carbonyl (C=O) groups is 4. The normalized spacial score (nSPS) is 23.5. The Hall–Kier alpha value is -6.70. The van der Waals surface area contributed by atoms with Gasteiger partial charge < -0.3 is 40.2 Å². The Bertz CT molecular complexity index is 3080. The van der Waals surface area contributed by atoms with E-state index in [1.54, 1.807) is 0 Å². The van der Waals surface area contributed by atoms with Crippen molar-refractivity contribution in [3.8, 4) is 22.3 Å². The quantitative estimate of drug-likeness (QED) is 0.0897. The average molecular weight is 987 g/mol. The summed E-state index contributed by atoms with van der Waals surface area (Å²) >= 11 is 0. The maximum atomic E-state index is 14.5. The summed E-state index contributed by atoms with van der Waals surface area (Å²) in [5, 5.41) is 15.0. The first-order chi connectivity index (χ1) is 35.3. The van der Waals surface area contributed by atoms with Crippen molar-refractivity contribution >= 4 is 46.1 Å². The number of aryl methyl sites for hydroxylation is 4. The van der Waals surface area contributed by atoms with Crippen molar-refractivity contribution in [2.75, 3.05) is 7.11 Å². The fourth-order valence-electron chi connectivity index (χ4n) is 13.5. The van der Waals surface area contributed by atoms with Crippen molar-refractivity contribution in [3.63, 3.8) is 0 Å². The lowest BCUT2D eigenvalue weighted by molar-refractivity contribution is -0.139. The minimum absolute atomic E-state index is 0.0701. The fraction of sp³-hybridized carbons (Fsp3) is 0.492. The molecule has 0 spiro atoms. The van der Waals surface area contributed by atoms with Gasteiger partial charge in [-0.15, -0.1) is 0 Å². The van der Waals surface area contributed by atoms with Crippen LogP contribution in [0.2, 0.25) is 0 Å². The van der Waals surface area contributed by atoms with E-state index in [0.717, 1.165) is 135 Å². The van der Waals surface area contributed by atoms with Crippen molar-refractivity contribution in [1.82, 2.24) is 40.4 Å². The Morgan fingerprint density at radius 3 is 1.49 bits per heavy atom. The third kappa shape index (κ3) is 9.35. The summed E-state index contributed by atoms with van der Waals surface area (Å²) in [4.78, 5) is 74.7. The Labute approximate surface area is 427 Å².